The van der Waals surface area contributed by atoms with E-state index in [0.29, 0.717) is 0 Å². The van der Waals surface area contributed by atoms with Crippen LogP contribution in [0.4, 0.5) is 17.1 Å². The fourth-order valence-corrected chi connectivity index (χ4v) is 11.3. The minimum Gasteiger partial charge on any atom is -0.310 e. The highest BCUT2D eigenvalue weighted by Crippen LogP contribution is 2.46. The van der Waals surface area contributed by atoms with Gasteiger partial charge >= 0.3 is 0 Å². The lowest BCUT2D eigenvalue weighted by molar-refractivity contribution is 1.28. The molecule has 0 aliphatic rings. The molecule has 0 amide bonds. The van der Waals surface area contributed by atoms with Crippen LogP contribution in [0.5, 0.6) is 0 Å². The number of hydrogen-bond acceptors (Lipinski definition) is 4. The van der Waals surface area contributed by atoms with Crippen LogP contribution in [0, 0.1) is 0 Å². The molecule has 0 N–H and O–H groups in total. The van der Waals surface area contributed by atoms with E-state index in [1.807, 2.05) is 11.3 Å². The number of thiazole rings is 1. The number of rotatable bonds is 8. The zero-order chi connectivity index (χ0) is 41.7. The predicted octanol–water partition coefficient (Wildman–Crippen LogP) is 17.6. The van der Waals surface area contributed by atoms with Gasteiger partial charge in [0.2, 0.25) is 0 Å². The van der Waals surface area contributed by atoms with Gasteiger partial charge in [-0.15, -0.1) is 22.7 Å². The Morgan fingerprint density at radius 3 is 1.63 bits per heavy atom. The van der Waals surface area contributed by atoms with E-state index in [4.69, 9.17) is 4.98 Å². The maximum Gasteiger partial charge on any atom is 0.124 e. The van der Waals surface area contributed by atoms with Crippen molar-refractivity contribution >= 4 is 80.9 Å². The van der Waals surface area contributed by atoms with Crippen molar-refractivity contribution in [1.29, 1.82) is 0 Å². The van der Waals surface area contributed by atoms with Crippen molar-refractivity contribution in [2.24, 2.45) is 0 Å². The second-order valence-corrected chi connectivity index (χ2v) is 18.0. The van der Waals surface area contributed by atoms with Crippen molar-refractivity contribution in [3.05, 3.63) is 231 Å². The molecule has 12 rings (SSSR count). The Morgan fingerprint density at radius 2 is 0.889 bits per heavy atom. The van der Waals surface area contributed by atoms with Crippen LogP contribution in [0.3, 0.4) is 0 Å². The first-order chi connectivity index (χ1) is 31.2. The average Bonchev–Trinajstić information content (AvgIpc) is 3.95. The maximum atomic E-state index is 5.11. The molecule has 2 heterocycles. The van der Waals surface area contributed by atoms with E-state index in [2.05, 4.69) is 235 Å². The summed E-state index contributed by atoms with van der Waals surface area (Å²) in [5.41, 5.74) is 15.1. The van der Waals surface area contributed by atoms with Crippen LogP contribution in [0.15, 0.2) is 231 Å². The normalized spacial score (nSPS) is 11.5. The fourth-order valence-electron chi connectivity index (χ4n) is 9.09. The lowest BCUT2D eigenvalue weighted by atomic mass is 9.90. The number of thiophene rings is 1. The summed E-state index contributed by atoms with van der Waals surface area (Å²) in [6.45, 7) is 0. The van der Waals surface area contributed by atoms with Gasteiger partial charge in [-0.25, -0.2) is 4.98 Å². The monoisotopic (exact) mass is 838 g/mol. The van der Waals surface area contributed by atoms with Crippen molar-refractivity contribution in [3.8, 4) is 55.1 Å². The van der Waals surface area contributed by atoms with Crippen LogP contribution in [0.2, 0.25) is 0 Å². The SMILES string of the molecule is c1ccc(-c2ccc(N(c3ccc(-c4cccc5sc6cc7sc(-c8ccccc8)nc7cc6c45)cc3)c3ccc(-c4cccc5ccccc45)c(-c4ccccc4)c3)cc2)cc1. The van der Waals surface area contributed by atoms with E-state index >= 15 is 0 Å². The number of anilines is 3. The molecule has 2 nitrogen and oxygen atoms in total. The van der Waals surface area contributed by atoms with Gasteiger partial charge in [0.15, 0.2) is 0 Å². The standard InChI is InChI=1S/C59H38N2S2/c1-4-14-39(15-5-1)40-26-30-45(31-27-40)61(47-34-35-51(52(36-47)42-16-6-2-7-17-42)50-24-12-21-41-18-10-11-22-48(41)50)46-32-28-43(29-33-46)49-23-13-25-55-58(49)53-37-54-57(38-56(53)62-55)63-59(60-54)44-19-8-3-9-20-44/h1-38H. The maximum absolute atomic E-state index is 5.11. The predicted molar refractivity (Wildman–Crippen MR) is 272 cm³/mol. The molecule has 0 bridgehead atoms. The number of nitrogens with zero attached hydrogens (tertiary/aromatic N) is 2. The smallest absolute Gasteiger partial charge is 0.124 e. The van der Waals surface area contributed by atoms with Crippen LogP contribution >= 0.6 is 22.7 Å². The van der Waals surface area contributed by atoms with Gasteiger partial charge < -0.3 is 4.90 Å². The molecule has 0 atom stereocenters. The van der Waals surface area contributed by atoms with Crippen molar-refractivity contribution < 1.29 is 0 Å². The first-order valence-corrected chi connectivity index (χ1v) is 22.9. The largest absolute Gasteiger partial charge is 0.310 e. The Labute approximate surface area is 374 Å². The minimum absolute atomic E-state index is 1.05. The summed E-state index contributed by atoms with van der Waals surface area (Å²) in [5.74, 6) is 0. The molecule has 0 aliphatic carbocycles. The Hall–Kier alpha value is -7.63. The summed E-state index contributed by atoms with van der Waals surface area (Å²) in [4.78, 5) is 7.50. The average molecular weight is 839 g/mol. The number of fused-ring (bicyclic) bond motifs is 5. The molecule has 4 heteroatoms. The third kappa shape index (κ3) is 6.77. The first-order valence-electron chi connectivity index (χ1n) is 21.3. The highest BCUT2D eigenvalue weighted by molar-refractivity contribution is 7.26. The molecule has 0 aliphatic heterocycles. The van der Waals surface area contributed by atoms with Crippen molar-refractivity contribution in [3.63, 3.8) is 0 Å². The van der Waals surface area contributed by atoms with Crippen LogP contribution in [-0.2, 0) is 0 Å². The van der Waals surface area contributed by atoms with Gasteiger partial charge in [-0.3, -0.25) is 0 Å². The van der Waals surface area contributed by atoms with Crippen molar-refractivity contribution in [1.82, 2.24) is 4.98 Å². The lowest BCUT2D eigenvalue weighted by Crippen LogP contribution is -2.10. The van der Waals surface area contributed by atoms with Crippen molar-refractivity contribution in [2.45, 2.75) is 0 Å². The summed E-state index contributed by atoms with van der Waals surface area (Å²) >= 11 is 3.63. The number of hydrogen-bond donors (Lipinski definition) is 0. The molecule has 0 unspecified atom stereocenters. The van der Waals surface area contributed by atoms with Gasteiger partial charge in [-0.2, -0.15) is 0 Å². The summed E-state index contributed by atoms with van der Waals surface area (Å²) in [5, 5.41) is 6.08. The van der Waals surface area contributed by atoms with E-state index in [1.165, 1.54) is 80.2 Å². The zero-order valence-corrected chi connectivity index (χ0v) is 35.8. The van der Waals surface area contributed by atoms with Gasteiger partial charge in [0, 0.05) is 42.8 Å². The van der Waals surface area contributed by atoms with Gasteiger partial charge in [0.05, 0.1) is 10.2 Å². The molecule has 0 radical (unpaired) electrons. The van der Waals surface area contributed by atoms with Crippen LogP contribution in [-0.4, -0.2) is 4.98 Å². The van der Waals surface area contributed by atoms with Crippen molar-refractivity contribution in [2.75, 3.05) is 4.90 Å². The summed E-state index contributed by atoms with van der Waals surface area (Å²) in [6, 6.07) is 83.6. The third-order valence-corrected chi connectivity index (χ3v) is 14.3. The zero-order valence-electron chi connectivity index (χ0n) is 34.2. The Bertz CT molecular complexity index is 3590. The molecule has 0 saturated carbocycles. The van der Waals surface area contributed by atoms with E-state index in [0.717, 1.165) is 33.1 Å². The molecule has 63 heavy (non-hydrogen) atoms. The Morgan fingerprint density at radius 1 is 0.317 bits per heavy atom. The quantitative estimate of drug-likeness (QED) is 0.152. The van der Waals surface area contributed by atoms with E-state index in [-0.39, 0.29) is 0 Å². The van der Waals surface area contributed by atoms with E-state index in [1.54, 1.807) is 11.3 Å². The van der Waals surface area contributed by atoms with Crippen LogP contribution in [0.1, 0.15) is 0 Å². The molecule has 0 spiro atoms. The number of benzene rings is 10. The first kappa shape index (κ1) is 37.2. The van der Waals surface area contributed by atoms with Crippen LogP contribution < -0.4 is 4.90 Å². The molecule has 2 aromatic heterocycles. The molecule has 0 fully saturated rings. The summed E-state index contributed by atoms with van der Waals surface area (Å²) in [7, 11) is 0. The summed E-state index contributed by atoms with van der Waals surface area (Å²) < 4.78 is 3.79. The van der Waals surface area contributed by atoms with E-state index in [9.17, 15) is 0 Å². The van der Waals surface area contributed by atoms with Gasteiger partial charge in [0.1, 0.15) is 5.01 Å². The second-order valence-electron chi connectivity index (χ2n) is 15.9. The molecule has 12 aromatic rings. The molecular weight excluding hydrogens is 801 g/mol. The molecule has 10 aromatic carbocycles. The Kier molecular flexibility index (Phi) is 9.25. The van der Waals surface area contributed by atoms with Gasteiger partial charge in [0.25, 0.3) is 0 Å². The van der Waals surface area contributed by atoms with Crippen LogP contribution in [0.25, 0.3) is 96.2 Å². The minimum atomic E-state index is 1.05. The lowest BCUT2D eigenvalue weighted by Gasteiger charge is -2.27. The van der Waals surface area contributed by atoms with E-state index < -0.39 is 0 Å². The Balaban J connectivity index is 0.989. The highest BCUT2D eigenvalue weighted by Gasteiger charge is 2.19. The summed E-state index contributed by atoms with van der Waals surface area (Å²) in [6.07, 6.45) is 0. The fraction of sp³-hybridized carbons (Fsp3) is 0. The van der Waals surface area contributed by atoms with Gasteiger partial charge in [-0.1, -0.05) is 176 Å². The second kappa shape index (κ2) is 15.7. The van der Waals surface area contributed by atoms with Gasteiger partial charge in [-0.05, 0) is 110 Å². The number of aromatic nitrogens is 1. The molecule has 0 saturated heterocycles. The molecule has 296 valence electrons. The third-order valence-electron chi connectivity index (χ3n) is 12.1. The topological polar surface area (TPSA) is 16.1 Å². The highest BCUT2D eigenvalue weighted by atomic mass is 32.1. The molecular formula is C59H38N2S2.